The van der Waals surface area contributed by atoms with Gasteiger partial charge in [0.25, 0.3) is 0 Å². The standard InChI is InChI=1S/C24H21ClFNO6S/c25-20-13-17(11-12-23(20)33-16-9-7-15(26)8-10-16)34(30,31)27-21-5-1-4-19-18(21)3-2-6-22(19)32-14-24(28)29/h2-3,6-13,21,27H,1,4-5,14H2,(H,28,29)/t21-/m1/s1. The normalized spacial score (nSPS) is 15.4. The minimum atomic E-state index is -3.93. The van der Waals surface area contributed by atoms with Crippen LogP contribution >= 0.6 is 11.6 Å². The number of sulfonamides is 1. The molecule has 1 aliphatic rings. The van der Waals surface area contributed by atoms with Crippen molar-refractivity contribution in [2.75, 3.05) is 6.61 Å². The molecule has 0 unspecified atom stereocenters. The first-order valence-electron chi connectivity index (χ1n) is 10.4. The number of fused-ring (bicyclic) bond motifs is 1. The topological polar surface area (TPSA) is 102 Å². The molecule has 0 saturated heterocycles. The predicted octanol–water partition coefficient (Wildman–Crippen LogP) is 5.09. The van der Waals surface area contributed by atoms with E-state index in [1.807, 2.05) is 6.07 Å². The van der Waals surface area contributed by atoms with Crippen molar-refractivity contribution in [1.29, 1.82) is 0 Å². The van der Waals surface area contributed by atoms with Crippen LogP contribution in [0.3, 0.4) is 0 Å². The van der Waals surface area contributed by atoms with Crippen LogP contribution in [0.5, 0.6) is 17.2 Å². The summed E-state index contributed by atoms with van der Waals surface area (Å²) in [6, 6.07) is 14.2. The minimum Gasteiger partial charge on any atom is -0.482 e. The van der Waals surface area contributed by atoms with Gasteiger partial charge in [-0.1, -0.05) is 23.7 Å². The summed E-state index contributed by atoms with van der Waals surface area (Å²) < 4.78 is 53.0. The highest BCUT2D eigenvalue weighted by atomic mass is 35.5. The van der Waals surface area contributed by atoms with Gasteiger partial charge in [0.1, 0.15) is 23.1 Å². The summed E-state index contributed by atoms with van der Waals surface area (Å²) in [5, 5.41) is 8.98. The third-order valence-corrected chi connectivity index (χ3v) is 7.13. The lowest BCUT2D eigenvalue weighted by Crippen LogP contribution is -2.31. The van der Waals surface area contributed by atoms with E-state index in [9.17, 15) is 17.6 Å². The Morgan fingerprint density at radius 3 is 2.59 bits per heavy atom. The lowest BCUT2D eigenvalue weighted by Gasteiger charge is -2.27. The number of nitrogens with one attached hydrogen (secondary N) is 1. The number of benzene rings is 3. The number of ether oxygens (including phenoxy) is 2. The predicted molar refractivity (Wildman–Crippen MR) is 123 cm³/mol. The van der Waals surface area contributed by atoms with Gasteiger partial charge in [0, 0.05) is 6.04 Å². The second kappa shape index (κ2) is 10.0. The Morgan fingerprint density at radius 2 is 1.88 bits per heavy atom. The number of aliphatic carboxylic acids is 1. The zero-order chi connectivity index (χ0) is 24.3. The van der Waals surface area contributed by atoms with E-state index in [2.05, 4.69) is 4.72 Å². The summed E-state index contributed by atoms with van der Waals surface area (Å²) in [7, 11) is -3.93. The van der Waals surface area contributed by atoms with Gasteiger partial charge < -0.3 is 14.6 Å². The van der Waals surface area contributed by atoms with Crippen molar-refractivity contribution in [2.45, 2.75) is 30.2 Å². The maximum Gasteiger partial charge on any atom is 0.341 e. The minimum absolute atomic E-state index is 0.0330. The van der Waals surface area contributed by atoms with Crippen molar-refractivity contribution in [2.24, 2.45) is 0 Å². The molecule has 0 aliphatic heterocycles. The number of carboxylic acid groups (broad SMARTS) is 1. The van der Waals surface area contributed by atoms with Crippen molar-refractivity contribution in [3.63, 3.8) is 0 Å². The maximum absolute atomic E-state index is 13.1. The first-order chi connectivity index (χ1) is 16.2. The molecule has 0 bridgehead atoms. The molecule has 2 N–H and O–H groups in total. The fourth-order valence-corrected chi connectivity index (χ4v) is 5.39. The smallest absolute Gasteiger partial charge is 0.341 e. The first kappa shape index (κ1) is 24.0. The van der Waals surface area contributed by atoms with Gasteiger partial charge in [0.2, 0.25) is 10.0 Å². The summed E-state index contributed by atoms with van der Waals surface area (Å²) in [4.78, 5) is 10.8. The van der Waals surface area contributed by atoms with Crippen LogP contribution in [0.1, 0.15) is 30.0 Å². The van der Waals surface area contributed by atoms with Crippen molar-refractivity contribution in [1.82, 2.24) is 4.72 Å². The van der Waals surface area contributed by atoms with Crippen LogP contribution < -0.4 is 14.2 Å². The number of carbonyl (C=O) groups is 1. The SMILES string of the molecule is O=C(O)COc1cccc2c1CCC[C@H]2NS(=O)(=O)c1ccc(Oc2ccc(F)cc2)c(Cl)c1. The van der Waals surface area contributed by atoms with Crippen molar-refractivity contribution < 1.29 is 32.2 Å². The summed E-state index contributed by atoms with van der Waals surface area (Å²) in [6.45, 7) is -0.475. The van der Waals surface area contributed by atoms with E-state index in [1.165, 1.54) is 42.5 Å². The molecule has 0 aromatic heterocycles. The lowest BCUT2D eigenvalue weighted by molar-refractivity contribution is -0.139. The van der Waals surface area contributed by atoms with Gasteiger partial charge in [-0.05, 0) is 78.9 Å². The van der Waals surface area contributed by atoms with E-state index in [0.717, 1.165) is 11.1 Å². The molecule has 10 heteroatoms. The van der Waals surface area contributed by atoms with Crippen LogP contribution in [-0.2, 0) is 21.2 Å². The van der Waals surface area contributed by atoms with Gasteiger partial charge in [-0.15, -0.1) is 0 Å². The summed E-state index contributed by atoms with van der Waals surface area (Å²) >= 11 is 6.27. The van der Waals surface area contributed by atoms with Gasteiger partial charge in [-0.25, -0.2) is 22.3 Å². The number of carboxylic acids is 1. The Bertz CT molecular complexity index is 1310. The Hall–Kier alpha value is -3.14. The molecule has 178 valence electrons. The lowest BCUT2D eigenvalue weighted by atomic mass is 9.87. The molecule has 4 rings (SSSR count). The molecule has 1 aliphatic carbocycles. The maximum atomic E-state index is 13.1. The summed E-state index contributed by atoms with van der Waals surface area (Å²) in [5.74, 6) is -0.466. The van der Waals surface area contributed by atoms with E-state index in [4.69, 9.17) is 26.2 Å². The number of halogens is 2. The molecular weight excluding hydrogens is 485 g/mol. The number of hydrogen-bond donors (Lipinski definition) is 2. The molecule has 0 heterocycles. The molecule has 0 saturated carbocycles. The van der Waals surface area contributed by atoms with Gasteiger partial charge in [-0.2, -0.15) is 0 Å². The van der Waals surface area contributed by atoms with Crippen LogP contribution in [0.4, 0.5) is 4.39 Å². The van der Waals surface area contributed by atoms with Crippen LogP contribution in [0.15, 0.2) is 65.6 Å². The van der Waals surface area contributed by atoms with E-state index < -0.39 is 34.5 Å². The Balaban J connectivity index is 1.54. The fraction of sp³-hybridized carbons (Fsp3) is 0.208. The molecule has 0 radical (unpaired) electrons. The first-order valence-corrected chi connectivity index (χ1v) is 12.3. The molecule has 3 aromatic carbocycles. The van der Waals surface area contributed by atoms with Crippen LogP contribution in [-0.4, -0.2) is 26.1 Å². The fourth-order valence-electron chi connectivity index (χ4n) is 3.83. The van der Waals surface area contributed by atoms with Crippen molar-refractivity contribution >= 4 is 27.6 Å². The average molecular weight is 506 g/mol. The third-order valence-electron chi connectivity index (χ3n) is 5.37. The monoisotopic (exact) mass is 505 g/mol. The van der Waals surface area contributed by atoms with E-state index in [0.29, 0.717) is 30.8 Å². The average Bonchev–Trinajstić information content (AvgIpc) is 2.80. The number of rotatable bonds is 8. The van der Waals surface area contributed by atoms with Gasteiger partial charge in [0.05, 0.1) is 9.92 Å². The van der Waals surface area contributed by atoms with Crippen LogP contribution in [0, 0.1) is 5.82 Å². The molecule has 3 aromatic rings. The number of hydrogen-bond acceptors (Lipinski definition) is 5. The largest absolute Gasteiger partial charge is 0.482 e. The van der Waals surface area contributed by atoms with Crippen LogP contribution in [0.2, 0.25) is 5.02 Å². The van der Waals surface area contributed by atoms with Gasteiger partial charge in [-0.3, -0.25) is 0 Å². The Morgan fingerprint density at radius 1 is 1.12 bits per heavy atom. The molecule has 0 amide bonds. The van der Waals surface area contributed by atoms with Gasteiger partial charge >= 0.3 is 5.97 Å². The third kappa shape index (κ3) is 5.49. The highest BCUT2D eigenvalue weighted by molar-refractivity contribution is 7.89. The Kier molecular flexibility index (Phi) is 7.06. The van der Waals surface area contributed by atoms with Crippen LogP contribution in [0.25, 0.3) is 0 Å². The zero-order valence-corrected chi connectivity index (χ0v) is 19.4. The molecule has 1 atom stereocenters. The second-order valence-electron chi connectivity index (χ2n) is 7.72. The van der Waals surface area contributed by atoms with Gasteiger partial charge in [0.15, 0.2) is 6.61 Å². The molecule has 7 nitrogen and oxygen atoms in total. The molecule has 0 spiro atoms. The van der Waals surface area contributed by atoms with E-state index in [1.54, 1.807) is 12.1 Å². The van der Waals surface area contributed by atoms with E-state index >= 15 is 0 Å². The quantitative estimate of drug-likeness (QED) is 0.442. The summed E-state index contributed by atoms with van der Waals surface area (Å²) in [6.07, 6.45) is 1.94. The highest BCUT2D eigenvalue weighted by Gasteiger charge is 2.28. The van der Waals surface area contributed by atoms with Crippen molar-refractivity contribution in [3.8, 4) is 17.2 Å². The van der Waals surface area contributed by atoms with Crippen molar-refractivity contribution in [3.05, 3.63) is 82.6 Å². The zero-order valence-electron chi connectivity index (χ0n) is 17.8. The van der Waals surface area contributed by atoms with E-state index in [-0.39, 0.29) is 15.7 Å². The molecule has 34 heavy (non-hydrogen) atoms. The second-order valence-corrected chi connectivity index (χ2v) is 9.84. The Labute approximate surface area is 201 Å². The molecular formula is C24H21ClFNO6S. The molecule has 0 fully saturated rings. The summed E-state index contributed by atoms with van der Waals surface area (Å²) in [5.41, 5.74) is 1.55. The highest BCUT2D eigenvalue weighted by Crippen LogP contribution is 2.37.